The fourth-order valence-corrected chi connectivity index (χ4v) is 3.48. The second-order valence-corrected chi connectivity index (χ2v) is 7.50. The number of anilines is 1. The summed E-state index contributed by atoms with van der Waals surface area (Å²) in [5.74, 6) is 0.483. The first-order valence-corrected chi connectivity index (χ1v) is 9.50. The van der Waals surface area contributed by atoms with Gasteiger partial charge < -0.3 is 4.90 Å². The fraction of sp³-hybridized carbons (Fsp3) is 0.273. The third-order valence-electron chi connectivity index (χ3n) is 4.36. The van der Waals surface area contributed by atoms with E-state index in [2.05, 4.69) is 32.6 Å². The van der Waals surface area contributed by atoms with Crippen LogP contribution < -0.4 is 4.90 Å². The Labute approximate surface area is 165 Å². The molecule has 1 heterocycles. The van der Waals surface area contributed by atoms with Crippen LogP contribution in [0.15, 0.2) is 65.3 Å². The number of amides is 1. The summed E-state index contributed by atoms with van der Waals surface area (Å²) in [5, 5.41) is 0.584. The molecule has 0 atom stereocenters. The van der Waals surface area contributed by atoms with Crippen molar-refractivity contribution in [3.63, 3.8) is 0 Å². The van der Waals surface area contributed by atoms with E-state index in [-0.39, 0.29) is 18.0 Å². The summed E-state index contributed by atoms with van der Waals surface area (Å²) in [4.78, 5) is 21.8. The Bertz CT molecular complexity index is 879. The van der Waals surface area contributed by atoms with Gasteiger partial charge in [-0.15, -0.1) is 0 Å². The van der Waals surface area contributed by atoms with E-state index in [0.717, 1.165) is 5.56 Å². The van der Waals surface area contributed by atoms with Crippen molar-refractivity contribution in [2.24, 2.45) is 4.99 Å². The molecule has 0 saturated carbocycles. The highest BCUT2D eigenvalue weighted by Gasteiger charge is 2.36. The highest BCUT2D eigenvalue weighted by atomic mass is 35.5. The Kier molecular flexibility index (Phi) is 5.66. The van der Waals surface area contributed by atoms with E-state index in [1.165, 1.54) is 0 Å². The Morgan fingerprint density at radius 3 is 2.26 bits per heavy atom. The van der Waals surface area contributed by atoms with Crippen LogP contribution in [0.5, 0.6) is 0 Å². The van der Waals surface area contributed by atoms with Crippen LogP contribution in [0.2, 0.25) is 5.02 Å². The predicted octanol–water partition coefficient (Wildman–Crippen LogP) is 5.20. The summed E-state index contributed by atoms with van der Waals surface area (Å²) < 4.78 is 0. The number of hydrogen-bond donors (Lipinski definition) is 0. The lowest BCUT2D eigenvalue weighted by Gasteiger charge is -2.35. The number of guanidine groups is 1. The van der Waals surface area contributed by atoms with Crippen molar-refractivity contribution in [3.8, 4) is 0 Å². The van der Waals surface area contributed by atoms with Gasteiger partial charge in [-0.1, -0.05) is 48.0 Å². The number of hydrogen-bond acceptors (Lipinski definition) is 3. The van der Waals surface area contributed by atoms with Gasteiger partial charge in [0.15, 0.2) is 0 Å². The smallest absolute Gasteiger partial charge is 0.283 e. The largest absolute Gasteiger partial charge is 0.337 e. The van der Waals surface area contributed by atoms with Gasteiger partial charge in [-0.25, -0.2) is 9.89 Å². The zero-order valence-corrected chi connectivity index (χ0v) is 16.8. The van der Waals surface area contributed by atoms with Crippen molar-refractivity contribution < 1.29 is 4.79 Å². The first-order valence-electron chi connectivity index (χ1n) is 9.12. The SMILES string of the molecule is CC(C)N(C1=N/C(=C\c2ccccc2)C(=O)N1c1cccc(Cl)c1)C(C)C. The van der Waals surface area contributed by atoms with E-state index < -0.39 is 0 Å². The maximum atomic E-state index is 13.3. The minimum atomic E-state index is -0.151. The van der Waals surface area contributed by atoms with Gasteiger partial charge in [0, 0.05) is 17.1 Å². The molecule has 3 rings (SSSR count). The Balaban J connectivity index is 2.12. The number of nitrogens with zero attached hydrogens (tertiary/aromatic N) is 3. The van der Waals surface area contributed by atoms with Gasteiger partial charge in [0.1, 0.15) is 5.70 Å². The maximum Gasteiger partial charge on any atom is 0.283 e. The van der Waals surface area contributed by atoms with Gasteiger partial charge in [-0.05, 0) is 57.5 Å². The van der Waals surface area contributed by atoms with Crippen LogP contribution in [0, 0.1) is 0 Å². The molecule has 0 aliphatic carbocycles. The molecule has 0 aromatic heterocycles. The van der Waals surface area contributed by atoms with Crippen LogP contribution in [0.25, 0.3) is 6.08 Å². The molecule has 0 spiro atoms. The van der Waals surface area contributed by atoms with Crippen LogP contribution in [0.3, 0.4) is 0 Å². The van der Waals surface area contributed by atoms with Gasteiger partial charge in [0.25, 0.3) is 5.91 Å². The van der Waals surface area contributed by atoms with E-state index in [9.17, 15) is 4.79 Å². The summed E-state index contributed by atoms with van der Waals surface area (Å²) in [6.45, 7) is 8.40. The lowest BCUT2D eigenvalue weighted by Crippen LogP contribution is -2.50. The first kappa shape index (κ1) is 19.2. The third kappa shape index (κ3) is 4.06. The molecule has 1 amide bonds. The number of halogens is 1. The van der Waals surface area contributed by atoms with Crippen molar-refractivity contribution in [1.29, 1.82) is 0 Å². The molecular formula is C22H24ClN3O. The van der Waals surface area contributed by atoms with Crippen LogP contribution in [-0.4, -0.2) is 28.9 Å². The lowest BCUT2D eigenvalue weighted by molar-refractivity contribution is -0.113. The fourth-order valence-electron chi connectivity index (χ4n) is 3.29. The molecule has 0 radical (unpaired) electrons. The number of carbonyl (C=O) groups is 1. The average molecular weight is 382 g/mol. The van der Waals surface area contributed by atoms with Gasteiger partial charge in [-0.3, -0.25) is 4.79 Å². The average Bonchev–Trinajstić information content (AvgIpc) is 2.91. The topological polar surface area (TPSA) is 35.9 Å². The molecule has 27 heavy (non-hydrogen) atoms. The minimum absolute atomic E-state index is 0.151. The monoisotopic (exact) mass is 381 g/mol. The summed E-state index contributed by atoms with van der Waals surface area (Å²) in [6, 6.07) is 17.4. The lowest BCUT2D eigenvalue weighted by atomic mass is 10.2. The van der Waals surface area contributed by atoms with Crippen molar-refractivity contribution in [2.45, 2.75) is 39.8 Å². The van der Waals surface area contributed by atoms with Crippen molar-refractivity contribution in [1.82, 2.24) is 4.90 Å². The molecule has 1 aliphatic heterocycles. The molecule has 0 fully saturated rings. The van der Waals surface area contributed by atoms with Gasteiger partial charge in [-0.2, -0.15) is 0 Å². The molecule has 0 bridgehead atoms. The minimum Gasteiger partial charge on any atom is -0.337 e. The van der Waals surface area contributed by atoms with E-state index in [1.54, 1.807) is 17.0 Å². The molecule has 0 N–H and O–H groups in total. The summed E-state index contributed by atoms with van der Waals surface area (Å²) in [7, 11) is 0. The molecule has 2 aromatic rings. The van der Waals surface area contributed by atoms with E-state index in [1.807, 2.05) is 48.5 Å². The first-order chi connectivity index (χ1) is 12.9. The molecule has 0 unspecified atom stereocenters. The molecule has 0 saturated heterocycles. The summed E-state index contributed by atoms with van der Waals surface area (Å²) in [6.07, 6.45) is 1.83. The molecule has 140 valence electrons. The Morgan fingerprint density at radius 2 is 1.67 bits per heavy atom. The predicted molar refractivity (Wildman–Crippen MR) is 113 cm³/mol. The zero-order valence-electron chi connectivity index (χ0n) is 16.1. The Hall–Kier alpha value is -2.59. The van der Waals surface area contributed by atoms with Crippen LogP contribution in [0.1, 0.15) is 33.3 Å². The molecule has 4 nitrogen and oxygen atoms in total. The second kappa shape index (κ2) is 7.97. The van der Waals surface area contributed by atoms with Gasteiger partial charge in [0.05, 0.1) is 5.69 Å². The molecule has 2 aromatic carbocycles. The third-order valence-corrected chi connectivity index (χ3v) is 4.59. The molecule has 5 heteroatoms. The highest BCUT2D eigenvalue weighted by molar-refractivity contribution is 6.32. The zero-order chi connectivity index (χ0) is 19.6. The maximum absolute atomic E-state index is 13.3. The van der Waals surface area contributed by atoms with Gasteiger partial charge in [0.2, 0.25) is 5.96 Å². The second-order valence-electron chi connectivity index (χ2n) is 7.07. The van der Waals surface area contributed by atoms with Crippen LogP contribution in [-0.2, 0) is 4.79 Å². The van der Waals surface area contributed by atoms with E-state index >= 15 is 0 Å². The van der Waals surface area contributed by atoms with Crippen molar-refractivity contribution >= 4 is 35.2 Å². The number of carbonyl (C=O) groups excluding carboxylic acids is 1. The summed E-state index contributed by atoms with van der Waals surface area (Å²) in [5.41, 5.74) is 2.08. The summed E-state index contributed by atoms with van der Waals surface area (Å²) >= 11 is 6.18. The van der Waals surface area contributed by atoms with Crippen molar-refractivity contribution in [3.05, 3.63) is 70.9 Å². The Morgan fingerprint density at radius 1 is 1.00 bits per heavy atom. The van der Waals surface area contributed by atoms with Crippen LogP contribution >= 0.6 is 11.6 Å². The van der Waals surface area contributed by atoms with E-state index in [0.29, 0.717) is 22.4 Å². The van der Waals surface area contributed by atoms with Crippen LogP contribution in [0.4, 0.5) is 5.69 Å². The number of aliphatic imine (C=N–C) groups is 1. The normalized spacial score (nSPS) is 15.8. The number of rotatable bonds is 4. The highest BCUT2D eigenvalue weighted by Crippen LogP contribution is 2.29. The standard InChI is InChI=1S/C22H24ClN3O/c1-15(2)25(16(3)4)22-24-20(13-17-9-6-5-7-10-17)21(27)26(22)19-12-8-11-18(23)14-19/h5-16H,1-4H3/b20-13-. The molecule has 1 aliphatic rings. The van der Waals surface area contributed by atoms with E-state index in [4.69, 9.17) is 16.6 Å². The van der Waals surface area contributed by atoms with Crippen molar-refractivity contribution in [2.75, 3.05) is 4.90 Å². The number of benzene rings is 2. The quantitative estimate of drug-likeness (QED) is 0.682. The molecular weight excluding hydrogens is 358 g/mol. The van der Waals surface area contributed by atoms with Gasteiger partial charge >= 0.3 is 0 Å².